The largest absolute Gasteiger partial charge is 0.344 e. The third-order valence-corrected chi connectivity index (χ3v) is 4.67. The molecule has 1 aromatic carbocycles. The van der Waals surface area contributed by atoms with Gasteiger partial charge in [-0.1, -0.05) is 30.7 Å². The molecule has 1 aromatic heterocycles. The minimum Gasteiger partial charge on any atom is -0.344 e. The Morgan fingerprint density at radius 1 is 1.40 bits per heavy atom. The Balaban J connectivity index is 0.00000312. The highest BCUT2D eigenvalue weighted by Crippen LogP contribution is 2.21. The summed E-state index contributed by atoms with van der Waals surface area (Å²) in [5, 5.41) is 10.9. The summed E-state index contributed by atoms with van der Waals surface area (Å²) in [7, 11) is 0. The van der Waals surface area contributed by atoms with Crippen LogP contribution in [0.2, 0.25) is 5.02 Å². The molecule has 0 atom stereocenters. The quantitative estimate of drug-likeness (QED) is 0.794. The van der Waals surface area contributed by atoms with Gasteiger partial charge in [-0.05, 0) is 38.0 Å². The van der Waals surface area contributed by atoms with Crippen LogP contribution in [0, 0.1) is 12.7 Å². The highest BCUT2D eigenvalue weighted by molar-refractivity contribution is 6.30. The van der Waals surface area contributed by atoms with Crippen molar-refractivity contribution in [3.05, 3.63) is 40.4 Å². The van der Waals surface area contributed by atoms with Crippen LogP contribution in [0.4, 0.5) is 4.39 Å². The Kier molecular flexibility index (Phi) is 7.34. The normalized spacial score (nSPS) is 11.1. The Bertz CT molecular complexity index is 738. The Morgan fingerprint density at radius 3 is 2.56 bits per heavy atom. The zero-order valence-electron chi connectivity index (χ0n) is 14.3. The molecule has 1 heterocycles. The first-order valence-electron chi connectivity index (χ1n) is 7.77. The second kappa shape index (κ2) is 8.60. The SMILES string of the molecule is CCC(CC)(CN)NC(=O)c1nnn(-c2ccc(F)c(Cl)c2)c1C.Cl. The molecule has 0 saturated carbocycles. The van der Waals surface area contributed by atoms with Crippen LogP contribution in [0.1, 0.15) is 42.9 Å². The van der Waals surface area contributed by atoms with Crippen LogP contribution in [0.3, 0.4) is 0 Å². The first-order chi connectivity index (χ1) is 11.4. The van der Waals surface area contributed by atoms with Crippen molar-refractivity contribution in [2.24, 2.45) is 5.73 Å². The van der Waals surface area contributed by atoms with Crippen LogP contribution >= 0.6 is 24.0 Å². The molecule has 0 fully saturated rings. The third kappa shape index (κ3) is 4.29. The van der Waals surface area contributed by atoms with E-state index in [0.29, 0.717) is 30.8 Å². The summed E-state index contributed by atoms with van der Waals surface area (Å²) in [4.78, 5) is 12.6. The fourth-order valence-electron chi connectivity index (χ4n) is 2.47. The van der Waals surface area contributed by atoms with Crippen LogP contribution in [0.15, 0.2) is 18.2 Å². The van der Waals surface area contributed by atoms with Crippen molar-refractivity contribution in [3.63, 3.8) is 0 Å². The summed E-state index contributed by atoms with van der Waals surface area (Å²) in [5.41, 5.74) is 6.62. The lowest BCUT2D eigenvalue weighted by Crippen LogP contribution is -2.53. The standard InChI is InChI=1S/C16H21ClFN5O.ClH/c1-4-16(5-2,9-19)20-15(24)14-10(3)23(22-21-14)11-6-7-13(18)12(17)8-11;/h6-8H,4-5,9,19H2,1-3H3,(H,20,24);1H. The van der Waals surface area contributed by atoms with E-state index in [9.17, 15) is 9.18 Å². The first kappa shape index (κ1) is 21.3. The molecule has 0 unspecified atom stereocenters. The first-order valence-corrected chi connectivity index (χ1v) is 8.15. The van der Waals surface area contributed by atoms with Crippen molar-refractivity contribution in [1.82, 2.24) is 20.3 Å². The number of nitrogens with one attached hydrogen (secondary N) is 1. The van der Waals surface area contributed by atoms with E-state index in [4.69, 9.17) is 17.3 Å². The van der Waals surface area contributed by atoms with Crippen LogP contribution < -0.4 is 11.1 Å². The molecule has 2 aromatic rings. The van der Waals surface area contributed by atoms with E-state index in [2.05, 4.69) is 15.6 Å². The molecule has 0 spiro atoms. The van der Waals surface area contributed by atoms with Crippen LogP contribution in [0.5, 0.6) is 0 Å². The molecule has 2 rings (SSSR count). The number of rotatable bonds is 6. The maximum absolute atomic E-state index is 13.3. The average Bonchev–Trinajstić information content (AvgIpc) is 2.97. The molecule has 9 heteroatoms. The topological polar surface area (TPSA) is 85.8 Å². The van der Waals surface area contributed by atoms with Gasteiger partial charge in [0, 0.05) is 6.54 Å². The third-order valence-electron chi connectivity index (χ3n) is 4.38. The van der Waals surface area contributed by atoms with Gasteiger partial charge in [0.25, 0.3) is 5.91 Å². The molecule has 6 nitrogen and oxygen atoms in total. The molecule has 25 heavy (non-hydrogen) atoms. The number of aromatic nitrogens is 3. The van der Waals surface area contributed by atoms with E-state index >= 15 is 0 Å². The lowest BCUT2D eigenvalue weighted by molar-refractivity contribution is 0.0889. The number of amides is 1. The Labute approximate surface area is 157 Å². The number of hydrogen-bond acceptors (Lipinski definition) is 4. The van der Waals surface area contributed by atoms with E-state index in [-0.39, 0.29) is 29.0 Å². The number of carbonyl (C=O) groups is 1. The number of nitrogens with two attached hydrogens (primary N) is 1. The zero-order valence-corrected chi connectivity index (χ0v) is 15.9. The highest BCUT2D eigenvalue weighted by Gasteiger charge is 2.29. The van der Waals surface area contributed by atoms with Crippen molar-refractivity contribution >= 4 is 29.9 Å². The van der Waals surface area contributed by atoms with Gasteiger partial charge in [0.15, 0.2) is 5.69 Å². The van der Waals surface area contributed by atoms with E-state index in [0.717, 1.165) is 0 Å². The maximum Gasteiger partial charge on any atom is 0.274 e. The number of nitrogens with zero attached hydrogens (tertiary/aromatic N) is 3. The van der Waals surface area contributed by atoms with Gasteiger partial charge in [0.2, 0.25) is 0 Å². The van der Waals surface area contributed by atoms with Gasteiger partial charge in [-0.3, -0.25) is 4.79 Å². The van der Waals surface area contributed by atoms with E-state index in [1.165, 1.54) is 22.9 Å². The van der Waals surface area contributed by atoms with E-state index in [1.807, 2.05) is 13.8 Å². The molecule has 0 aliphatic heterocycles. The lowest BCUT2D eigenvalue weighted by atomic mass is 9.92. The second-order valence-corrected chi connectivity index (χ2v) is 6.09. The van der Waals surface area contributed by atoms with Gasteiger partial charge in [-0.2, -0.15) is 0 Å². The predicted octanol–water partition coefficient (Wildman–Crippen LogP) is 3.04. The average molecular weight is 390 g/mol. The van der Waals surface area contributed by atoms with Crippen LogP contribution in [-0.4, -0.2) is 33.0 Å². The fraction of sp³-hybridized carbons (Fsp3) is 0.438. The number of carbonyl (C=O) groups excluding carboxylic acids is 1. The molecule has 0 bridgehead atoms. The van der Waals surface area contributed by atoms with Crippen molar-refractivity contribution in [3.8, 4) is 5.69 Å². The number of hydrogen-bond donors (Lipinski definition) is 2. The highest BCUT2D eigenvalue weighted by atomic mass is 35.5. The smallest absolute Gasteiger partial charge is 0.274 e. The van der Waals surface area contributed by atoms with Crippen LogP contribution in [-0.2, 0) is 0 Å². The predicted molar refractivity (Wildman–Crippen MR) is 98.1 cm³/mol. The molecule has 1 amide bonds. The summed E-state index contributed by atoms with van der Waals surface area (Å²) in [6.45, 7) is 6.00. The Hall–Kier alpha value is -1.70. The summed E-state index contributed by atoms with van der Waals surface area (Å²) in [6.07, 6.45) is 1.43. The second-order valence-electron chi connectivity index (χ2n) is 5.68. The molecule has 3 N–H and O–H groups in total. The van der Waals surface area contributed by atoms with Gasteiger partial charge in [-0.25, -0.2) is 9.07 Å². The lowest BCUT2D eigenvalue weighted by Gasteiger charge is -2.31. The maximum atomic E-state index is 13.3. The van der Waals surface area contributed by atoms with Gasteiger partial charge in [0.1, 0.15) is 5.82 Å². The molecule has 0 aliphatic carbocycles. The molecule has 0 aliphatic rings. The monoisotopic (exact) mass is 389 g/mol. The molecule has 0 saturated heterocycles. The molecular weight excluding hydrogens is 368 g/mol. The van der Waals surface area contributed by atoms with Gasteiger partial charge >= 0.3 is 0 Å². The fourth-order valence-corrected chi connectivity index (χ4v) is 2.64. The number of halogens is 3. The van der Waals surface area contributed by atoms with Gasteiger partial charge in [0.05, 0.1) is 21.9 Å². The summed E-state index contributed by atoms with van der Waals surface area (Å²) < 4.78 is 14.7. The summed E-state index contributed by atoms with van der Waals surface area (Å²) in [5.74, 6) is -0.851. The van der Waals surface area contributed by atoms with Crippen molar-refractivity contribution in [2.75, 3.05) is 6.54 Å². The molecule has 138 valence electrons. The molecular formula is C16H22Cl2FN5O. The van der Waals surface area contributed by atoms with Gasteiger partial charge in [-0.15, -0.1) is 17.5 Å². The van der Waals surface area contributed by atoms with E-state index < -0.39 is 11.4 Å². The van der Waals surface area contributed by atoms with Crippen molar-refractivity contribution in [2.45, 2.75) is 39.2 Å². The summed E-state index contributed by atoms with van der Waals surface area (Å²) >= 11 is 5.80. The summed E-state index contributed by atoms with van der Waals surface area (Å²) in [6, 6.07) is 4.20. The minimum absolute atomic E-state index is 0. The van der Waals surface area contributed by atoms with Crippen molar-refractivity contribution in [1.29, 1.82) is 0 Å². The van der Waals surface area contributed by atoms with Crippen LogP contribution in [0.25, 0.3) is 5.69 Å². The minimum atomic E-state index is -0.519. The van der Waals surface area contributed by atoms with Gasteiger partial charge < -0.3 is 11.1 Å². The Morgan fingerprint density at radius 2 is 2.04 bits per heavy atom. The molecule has 0 radical (unpaired) electrons. The number of benzene rings is 1. The zero-order chi connectivity index (χ0) is 17.9. The van der Waals surface area contributed by atoms with E-state index in [1.54, 1.807) is 6.92 Å². The van der Waals surface area contributed by atoms with Crippen molar-refractivity contribution < 1.29 is 9.18 Å².